The minimum Gasteiger partial charge on any atom is -0.392 e. The van der Waals surface area contributed by atoms with E-state index >= 15 is 0 Å². The molecule has 0 aromatic carbocycles. The van der Waals surface area contributed by atoms with Crippen LogP contribution < -0.4 is 5.73 Å². The van der Waals surface area contributed by atoms with Crippen molar-refractivity contribution < 1.29 is 12.6 Å². The van der Waals surface area contributed by atoms with E-state index in [0.29, 0.717) is 11.5 Å². The number of rotatable bonds is 3. The molecule has 8 heteroatoms. The standard InChI is InChI=1S/C6H12N2O3S3/c7-6(12)5-14(10,11)8-13(9)3-1-2-4-13/h1-5H2,(H2,7,12). The van der Waals surface area contributed by atoms with E-state index in [1.807, 2.05) is 0 Å². The molecule has 0 aromatic rings. The molecule has 14 heavy (non-hydrogen) atoms. The van der Waals surface area contributed by atoms with Gasteiger partial charge in [0, 0.05) is 11.5 Å². The first-order valence-electron chi connectivity index (χ1n) is 4.08. The molecule has 0 atom stereocenters. The van der Waals surface area contributed by atoms with Gasteiger partial charge in [0.15, 0.2) is 0 Å². The quantitative estimate of drug-likeness (QED) is 0.710. The zero-order valence-corrected chi connectivity index (χ0v) is 9.96. The van der Waals surface area contributed by atoms with Crippen molar-refractivity contribution in [2.45, 2.75) is 12.8 Å². The normalized spacial score (nSPS) is 20.6. The van der Waals surface area contributed by atoms with Crippen molar-refractivity contribution in [2.75, 3.05) is 17.3 Å². The fourth-order valence-corrected chi connectivity index (χ4v) is 6.03. The van der Waals surface area contributed by atoms with Gasteiger partial charge in [-0.15, -0.1) is 3.77 Å². The Hall–Kier alpha value is -0.210. The molecule has 82 valence electrons. The second kappa shape index (κ2) is 4.11. The fraction of sp³-hybridized carbons (Fsp3) is 0.833. The van der Waals surface area contributed by atoms with E-state index in [0.717, 1.165) is 12.8 Å². The van der Waals surface area contributed by atoms with Crippen LogP contribution in [0.2, 0.25) is 0 Å². The highest BCUT2D eigenvalue weighted by atomic mass is 32.3. The molecule has 1 rings (SSSR count). The van der Waals surface area contributed by atoms with Crippen LogP contribution in [0.25, 0.3) is 0 Å². The van der Waals surface area contributed by atoms with Gasteiger partial charge in [-0.2, -0.15) is 0 Å². The Morgan fingerprint density at radius 1 is 1.43 bits per heavy atom. The number of nitrogens with zero attached hydrogens (tertiary/aromatic N) is 1. The summed E-state index contributed by atoms with van der Waals surface area (Å²) in [6.07, 6.45) is 1.54. The van der Waals surface area contributed by atoms with Gasteiger partial charge < -0.3 is 5.73 Å². The van der Waals surface area contributed by atoms with Crippen molar-refractivity contribution in [1.29, 1.82) is 0 Å². The van der Waals surface area contributed by atoms with Gasteiger partial charge in [0.2, 0.25) is 0 Å². The Morgan fingerprint density at radius 3 is 2.36 bits per heavy atom. The van der Waals surface area contributed by atoms with Crippen molar-refractivity contribution >= 4 is 37.0 Å². The maximum atomic E-state index is 11.8. The Morgan fingerprint density at radius 2 is 1.93 bits per heavy atom. The summed E-state index contributed by atoms with van der Waals surface area (Å²) in [6, 6.07) is 0. The molecular weight excluding hydrogens is 244 g/mol. The van der Waals surface area contributed by atoms with Crippen LogP contribution >= 0.6 is 12.2 Å². The SMILES string of the molecule is NC(=S)CS(=O)(=O)N=S1(=O)CCCC1. The van der Waals surface area contributed by atoms with Crippen LogP contribution in [0.4, 0.5) is 0 Å². The molecule has 2 N–H and O–H groups in total. The van der Waals surface area contributed by atoms with E-state index in [4.69, 9.17) is 5.73 Å². The van der Waals surface area contributed by atoms with Crippen molar-refractivity contribution in [1.82, 2.24) is 0 Å². The van der Waals surface area contributed by atoms with Gasteiger partial charge in [0.05, 0.1) is 14.7 Å². The van der Waals surface area contributed by atoms with Gasteiger partial charge >= 0.3 is 0 Å². The number of hydrogen-bond donors (Lipinski definition) is 1. The minimum absolute atomic E-state index is 0.144. The van der Waals surface area contributed by atoms with Crippen LogP contribution in [0.5, 0.6) is 0 Å². The van der Waals surface area contributed by atoms with Crippen LogP contribution in [0.1, 0.15) is 12.8 Å². The van der Waals surface area contributed by atoms with E-state index < -0.39 is 25.5 Å². The number of nitrogens with two attached hydrogens (primary N) is 1. The molecule has 0 unspecified atom stereocenters. The van der Waals surface area contributed by atoms with Crippen molar-refractivity contribution in [3.05, 3.63) is 0 Å². The zero-order chi connectivity index (χ0) is 10.8. The Kier molecular flexibility index (Phi) is 3.49. The average Bonchev–Trinajstić information content (AvgIpc) is 2.30. The van der Waals surface area contributed by atoms with Crippen molar-refractivity contribution in [3.63, 3.8) is 0 Å². The van der Waals surface area contributed by atoms with Crippen LogP contribution in [0, 0.1) is 0 Å². The summed E-state index contributed by atoms with van der Waals surface area (Å²) in [6.45, 7) is 0. The summed E-state index contributed by atoms with van der Waals surface area (Å²) in [5, 5.41) is 0. The molecule has 1 heterocycles. The lowest BCUT2D eigenvalue weighted by molar-refractivity contribution is 0.601. The van der Waals surface area contributed by atoms with E-state index in [9.17, 15) is 12.6 Å². The Bertz CT molecular complexity index is 433. The van der Waals surface area contributed by atoms with Crippen LogP contribution in [-0.2, 0) is 19.8 Å². The van der Waals surface area contributed by atoms with Gasteiger partial charge in [-0.3, -0.25) is 0 Å². The number of sulfonamides is 1. The lowest BCUT2D eigenvalue weighted by Gasteiger charge is -2.00. The van der Waals surface area contributed by atoms with Gasteiger partial charge in [0.1, 0.15) is 5.75 Å². The third kappa shape index (κ3) is 3.50. The molecule has 0 aliphatic carbocycles. The predicted octanol–water partition coefficient (Wildman–Crippen LogP) is -0.136. The molecule has 0 aromatic heterocycles. The molecule has 1 aliphatic heterocycles. The third-order valence-corrected chi connectivity index (χ3v) is 6.60. The Labute approximate surface area is 89.3 Å². The molecule has 0 saturated carbocycles. The summed E-state index contributed by atoms with van der Waals surface area (Å²) in [5.41, 5.74) is 5.10. The van der Waals surface area contributed by atoms with E-state index in [-0.39, 0.29) is 4.99 Å². The second-order valence-electron chi connectivity index (χ2n) is 3.16. The highest BCUT2D eigenvalue weighted by Crippen LogP contribution is 2.15. The Balaban J connectivity index is 2.96. The summed E-state index contributed by atoms with van der Waals surface area (Å²) < 4.78 is 37.7. The molecule has 0 radical (unpaired) electrons. The largest absolute Gasteiger partial charge is 0.392 e. The highest BCUT2D eigenvalue weighted by Gasteiger charge is 2.21. The van der Waals surface area contributed by atoms with E-state index in [2.05, 4.69) is 16.0 Å². The van der Waals surface area contributed by atoms with Gasteiger partial charge in [-0.25, -0.2) is 12.6 Å². The smallest absolute Gasteiger partial charge is 0.267 e. The molecular formula is C6H12N2O3S3. The first-order chi connectivity index (χ1) is 6.33. The molecule has 0 spiro atoms. The van der Waals surface area contributed by atoms with E-state index in [1.54, 1.807) is 0 Å². The topological polar surface area (TPSA) is 89.6 Å². The van der Waals surface area contributed by atoms with Gasteiger partial charge in [-0.1, -0.05) is 12.2 Å². The first-order valence-corrected chi connectivity index (χ1v) is 7.95. The molecule has 5 nitrogen and oxygen atoms in total. The summed E-state index contributed by atoms with van der Waals surface area (Å²) in [5.74, 6) is 0.243. The van der Waals surface area contributed by atoms with Crippen molar-refractivity contribution in [2.24, 2.45) is 9.50 Å². The monoisotopic (exact) mass is 256 g/mol. The second-order valence-corrected chi connectivity index (χ2v) is 8.09. The van der Waals surface area contributed by atoms with Gasteiger partial charge in [-0.05, 0) is 12.8 Å². The third-order valence-electron chi connectivity index (χ3n) is 1.75. The maximum absolute atomic E-state index is 11.8. The summed E-state index contributed by atoms with van der Waals surface area (Å²) in [7, 11) is -6.27. The first kappa shape index (κ1) is 11.9. The molecule has 1 aliphatic rings. The predicted molar refractivity (Wildman–Crippen MR) is 60.1 cm³/mol. The van der Waals surface area contributed by atoms with Gasteiger partial charge in [0.25, 0.3) is 10.0 Å². The fourth-order valence-electron chi connectivity index (χ4n) is 1.24. The van der Waals surface area contributed by atoms with E-state index in [1.165, 1.54) is 0 Å². The van der Waals surface area contributed by atoms with Crippen LogP contribution in [-0.4, -0.2) is 34.9 Å². The minimum atomic E-state index is -3.74. The summed E-state index contributed by atoms with van der Waals surface area (Å²) >= 11 is 4.47. The van der Waals surface area contributed by atoms with Crippen molar-refractivity contribution in [3.8, 4) is 0 Å². The molecule has 1 saturated heterocycles. The number of hydrogen-bond acceptors (Lipinski definition) is 4. The molecule has 0 amide bonds. The molecule has 1 fully saturated rings. The zero-order valence-electron chi connectivity index (χ0n) is 7.51. The lowest BCUT2D eigenvalue weighted by Crippen LogP contribution is -2.21. The van der Waals surface area contributed by atoms with Crippen LogP contribution in [0.3, 0.4) is 0 Å². The maximum Gasteiger partial charge on any atom is 0.267 e. The number of thiocarbonyl (C=S) groups is 1. The lowest BCUT2D eigenvalue weighted by atomic mass is 10.4. The average molecular weight is 256 g/mol. The summed E-state index contributed by atoms with van der Waals surface area (Å²) in [4.78, 5) is -0.144. The molecule has 0 bridgehead atoms. The van der Waals surface area contributed by atoms with Crippen LogP contribution in [0.15, 0.2) is 3.77 Å². The highest BCUT2D eigenvalue weighted by molar-refractivity contribution is 8.04.